The number of carbonyl (C=O) groups excluding carboxylic acids is 2. The number of nitrogens with one attached hydrogen (secondary N) is 1. The molecule has 0 aromatic rings. The molecule has 13 heavy (non-hydrogen) atoms. The maximum atomic E-state index is 10.8. The SMILES string of the molecule is C=C(C)C(=O)NC(=O)OCCCCl. The molecule has 0 rings (SSSR count). The minimum Gasteiger partial charge on any atom is -0.449 e. The lowest BCUT2D eigenvalue weighted by atomic mass is 10.3. The van der Waals surface area contributed by atoms with Crippen LogP contribution in [-0.2, 0) is 9.53 Å². The molecule has 0 bridgehead atoms. The van der Waals surface area contributed by atoms with E-state index in [1.54, 1.807) is 0 Å². The van der Waals surface area contributed by atoms with Crippen LogP contribution in [0.1, 0.15) is 13.3 Å². The van der Waals surface area contributed by atoms with Crippen LogP contribution in [0.15, 0.2) is 12.2 Å². The van der Waals surface area contributed by atoms with Crippen molar-refractivity contribution in [1.29, 1.82) is 0 Å². The summed E-state index contributed by atoms with van der Waals surface area (Å²) in [7, 11) is 0. The zero-order valence-corrected chi connectivity index (χ0v) is 8.19. The summed E-state index contributed by atoms with van der Waals surface area (Å²) < 4.78 is 4.61. The lowest BCUT2D eigenvalue weighted by Crippen LogP contribution is -2.31. The van der Waals surface area contributed by atoms with Crippen LogP contribution in [-0.4, -0.2) is 24.5 Å². The number of rotatable bonds is 4. The van der Waals surface area contributed by atoms with E-state index in [2.05, 4.69) is 11.3 Å². The maximum Gasteiger partial charge on any atom is 0.414 e. The van der Waals surface area contributed by atoms with E-state index < -0.39 is 12.0 Å². The van der Waals surface area contributed by atoms with Gasteiger partial charge in [-0.05, 0) is 13.3 Å². The Labute approximate surface area is 81.9 Å². The predicted molar refractivity (Wildman–Crippen MR) is 49.6 cm³/mol. The number of alkyl halides is 1. The molecule has 1 N–H and O–H groups in total. The first-order chi connectivity index (χ1) is 6.07. The van der Waals surface area contributed by atoms with Crippen LogP contribution in [0.25, 0.3) is 0 Å². The van der Waals surface area contributed by atoms with Gasteiger partial charge in [-0.2, -0.15) is 0 Å². The van der Waals surface area contributed by atoms with E-state index in [-0.39, 0.29) is 12.2 Å². The number of carbonyl (C=O) groups is 2. The van der Waals surface area contributed by atoms with Gasteiger partial charge in [0, 0.05) is 11.5 Å². The molecule has 0 aromatic carbocycles. The van der Waals surface area contributed by atoms with Gasteiger partial charge in [0.25, 0.3) is 5.91 Å². The fraction of sp³-hybridized carbons (Fsp3) is 0.500. The molecule has 4 nitrogen and oxygen atoms in total. The Hall–Kier alpha value is -1.03. The maximum absolute atomic E-state index is 10.8. The van der Waals surface area contributed by atoms with E-state index in [0.29, 0.717) is 12.3 Å². The molecule has 74 valence electrons. The average molecular weight is 206 g/mol. The number of halogens is 1. The fourth-order valence-corrected chi connectivity index (χ4v) is 0.564. The van der Waals surface area contributed by atoms with Crippen molar-refractivity contribution in [2.45, 2.75) is 13.3 Å². The molecule has 0 saturated carbocycles. The fourth-order valence-electron chi connectivity index (χ4n) is 0.455. The number of alkyl carbamates (subject to hydrolysis) is 1. The van der Waals surface area contributed by atoms with Gasteiger partial charge in [-0.25, -0.2) is 4.79 Å². The summed E-state index contributed by atoms with van der Waals surface area (Å²) in [5.74, 6) is -0.113. The number of hydrogen-bond acceptors (Lipinski definition) is 3. The lowest BCUT2D eigenvalue weighted by Gasteiger charge is -2.04. The highest BCUT2D eigenvalue weighted by atomic mass is 35.5. The Bertz CT molecular complexity index is 215. The topological polar surface area (TPSA) is 55.4 Å². The Morgan fingerprint density at radius 1 is 1.54 bits per heavy atom. The van der Waals surface area contributed by atoms with Gasteiger partial charge >= 0.3 is 6.09 Å². The Balaban J connectivity index is 3.62. The quantitative estimate of drug-likeness (QED) is 0.429. The van der Waals surface area contributed by atoms with Crippen LogP contribution >= 0.6 is 11.6 Å². The molecular formula is C8H12ClNO3. The Morgan fingerprint density at radius 3 is 2.62 bits per heavy atom. The molecule has 5 heteroatoms. The molecule has 2 amide bonds. The molecule has 0 aliphatic heterocycles. The van der Waals surface area contributed by atoms with Crippen LogP contribution in [0, 0.1) is 0 Å². The van der Waals surface area contributed by atoms with Crippen molar-refractivity contribution in [3.8, 4) is 0 Å². The van der Waals surface area contributed by atoms with Crippen LogP contribution in [0.3, 0.4) is 0 Å². The smallest absolute Gasteiger partial charge is 0.414 e. The summed E-state index contributed by atoms with van der Waals surface area (Å²) in [6.07, 6.45) is -0.200. The molecular weight excluding hydrogens is 194 g/mol. The van der Waals surface area contributed by atoms with Gasteiger partial charge in [0.2, 0.25) is 0 Å². The number of hydrogen-bond donors (Lipinski definition) is 1. The van der Waals surface area contributed by atoms with E-state index in [1.165, 1.54) is 6.92 Å². The van der Waals surface area contributed by atoms with Gasteiger partial charge in [0.05, 0.1) is 6.61 Å². The first-order valence-electron chi connectivity index (χ1n) is 3.77. The van der Waals surface area contributed by atoms with Crippen LogP contribution in [0.4, 0.5) is 4.79 Å². The largest absolute Gasteiger partial charge is 0.449 e. The van der Waals surface area contributed by atoms with Crippen LogP contribution < -0.4 is 5.32 Å². The van der Waals surface area contributed by atoms with Gasteiger partial charge < -0.3 is 4.74 Å². The lowest BCUT2D eigenvalue weighted by molar-refractivity contribution is -0.116. The third-order valence-corrected chi connectivity index (χ3v) is 1.38. The number of amides is 2. The van der Waals surface area contributed by atoms with Crippen molar-refractivity contribution < 1.29 is 14.3 Å². The minimum atomic E-state index is -0.766. The summed E-state index contributed by atoms with van der Waals surface area (Å²) in [4.78, 5) is 21.6. The zero-order valence-electron chi connectivity index (χ0n) is 7.43. The summed E-state index contributed by atoms with van der Waals surface area (Å²) in [6, 6.07) is 0. The summed E-state index contributed by atoms with van der Waals surface area (Å²) in [6.45, 7) is 5.07. The van der Waals surface area contributed by atoms with E-state index in [0.717, 1.165) is 0 Å². The molecule has 0 aliphatic carbocycles. The monoisotopic (exact) mass is 205 g/mol. The number of imide groups is 1. The van der Waals surface area contributed by atoms with E-state index in [1.807, 2.05) is 5.32 Å². The Morgan fingerprint density at radius 2 is 2.15 bits per heavy atom. The molecule has 0 spiro atoms. The number of ether oxygens (including phenoxy) is 1. The molecule has 0 unspecified atom stereocenters. The highest BCUT2D eigenvalue weighted by molar-refractivity contribution is 6.17. The van der Waals surface area contributed by atoms with Crippen LogP contribution in [0.5, 0.6) is 0 Å². The average Bonchev–Trinajstić information content (AvgIpc) is 2.04. The van der Waals surface area contributed by atoms with Crippen molar-refractivity contribution in [2.75, 3.05) is 12.5 Å². The Kier molecular flexibility index (Phi) is 5.97. The van der Waals surface area contributed by atoms with Gasteiger partial charge in [-0.1, -0.05) is 6.58 Å². The van der Waals surface area contributed by atoms with Crippen molar-refractivity contribution in [2.24, 2.45) is 0 Å². The molecule has 0 aromatic heterocycles. The van der Waals surface area contributed by atoms with Crippen molar-refractivity contribution in [1.82, 2.24) is 5.32 Å². The van der Waals surface area contributed by atoms with Crippen molar-refractivity contribution in [3.05, 3.63) is 12.2 Å². The molecule has 0 aliphatic rings. The molecule has 0 atom stereocenters. The van der Waals surface area contributed by atoms with E-state index in [9.17, 15) is 9.59 Å². The molecule has 0 heterocycles. The van der Waals surface area contributed by atoms with Gasteiger partial charge in [-0.15, -0.1) is 11.6 Å². The first kappa shape index (κ1) is 12.0. The summed E-state index contributed by atoms with van der Waals surface area (Å²) in [5.41, 5.74) is 0.259. The van der Waals surface area contributed by atoms with Crippen molar-refractivity contribution in [3.63, 3.8) is 0 Å². The highest BCUT2D eigenvalue weighted by Crippen LogP contribution is 1.89. The standard InChI is InChI=1S/C8H12ClNO3/c1-6(2)7(11)10-8(12)13-5-3-4-9/h1,3-5H2,2H3,(H,10,11,12). The summed E-state index contributed by atoms with van der Waals surface area (Å²) in [5, 5.41) is 2.00. The second-order valence-electron chi connectivity index (χ2n) is 2.41. The van der Waals surface area contributed by atoms with Gasteiger partial charge in [0.1, 0.15) is 0 Å². The summed E-state index contributed by atoms with van der Waals surface area (Å²) >= 11 is 5.35. The second kappa shape index (κ2) is 6.48. The third kappa shape index (κ3) is 6.16. The minimum absolute atomic E-state index is 0.207. The van der Waals surface area contributed by atoms with Gasteiger partial charge in [-0.3, -0.25) is 10.1 Å². The molecule has 0 saturated heterocycles. The third-order valence-electron chi connectivity index (χ3n) is 1.11. The first-order valence-corrected chi connectivity index (χ1v) is 4.31. The van der Waals surface area contributed by atoms with E-state index >= 15 is 0 Å². The molecule has 0 fully saturated rings. The second-order valence-corrected chi connectivity index (χ2v) is 2.79. The van der Waals surface area contributed by atoms with Crippen molar-refractivity contribution >= 4 is 23.6 Å². The zero-order chi connectivity index (χ0) is 10.3. The normalized spacial score (nSPS) is 9.08. The van der Waals surface area contributed by atoms with E-state index in [4.69, 9.17) is 11.6 Å². The van der Waals surface area contributed by atoms with Crippen LogP contribution in [0.2, 0.25) is 0 Å². The predicted octanol–water partition coefficient (Wildman–Crippen LogP) is 1.44. The highest BCUT2D eigenvalue weighted by Gasteiger charge is 2.07. The van der Waals surface area contributed by atoms with Gasteiger partial charge in [0.15, 0.2) is 0 Å². The molecule has 0 radical (unpaired) electrons.